The zero-order valence-corrected chi connectivity index (χ0v) is 11.6. The quantitative estimate of drug-likeness (QED) is 0.647. The van der Waals surface area contributed by atoms with Gasteiger partial charge in [0.2, 0.25) is 5.91 Å². The first-order valence-electron chi connectivity index (χ1n) is 6.06. The van der Waals surface area contributed by atoms with Crippen molar-refractivity contribution in [2.24, 2.45) is 12.8 Å². The van der Waals surface area contributed by atoms with E-state index in [1.807, 2.05) is 0 Å². The smallest absolute Gasteiger partial charge is 0.326 e. The third-order valence-corrected chi connectivity index (χ3v) is 3.02. The van der Waals surface area contributed by atoms with Crippen molar-refractivity contribution in [2.45, 2.75) is 32.7 Å². The van der Waals surface area contributed by atoms with Crippen LogP contribution in [0, 0.1) is 13.8 Å². The highest BCUT2D eigenvalue weighted by molar-refractivity contribution is 5.98. The van der Waals surface area contributed by atoms with Crippen LogP contribution >= 0.6 is 0 Å². The number of amides is 2. The normalized spacial score (nSPS) is 11.9. The van der Waals surface area contributed by atoms with Gasteiger partial charge in [0.25, 0.3) is 5.91 Å². The fourth-order valence-electron chi connectivity index (χ4n) is 1.88. The van der Waals surface area contributed by atoms with Crippen LogP contribution in [-0.2, 0) is 16.6 Å². The van der Waals surface area contributed by atoms with Crippen molar-refractivity contribution in [2.75, 3.05) is 0 Å². The molecule has 8 nitrogen and oxygen atoms in total. The van der Waals surface area contributed by atoms with Crippen LogP contribution in [0.1, 0.15) is 34.6 Å². The number of hydrogen-bond acceptors (Lipinski definition) is 4. The highest BCUT2D eigenvalue weighted by Crippen LogP contribution is 2.12. The monoisotopic (exact) mass is 282 g/mol. The van der Waals surface area contributed by atoms with Crippen LogP contribution in [0.3, 0.4) is 0 Å². The molecule has 0 aromatic carbocycles. The summed E-state index contributed by atoms with van der Waals surface area (Å²) < 4.78 is 1.55. The maximum Gasteiger partial charge on any atom is 0.326 e. The lowest BCUT2D eigenvalue weighted by atomic mass is 10.1. The third kappa shape index (κ3) is 3.56. The SMILES string of the molecule is Cc1nn(C)c(C)c1C(=O)N[C@H](CCC(N)=O)C(=O)O. The maximum absolute atomic E-state index is 12.1. The molecule has 110 valence electrons. The molecule has 2 amide bonds. The van der Waals surface area contributed by atoms with Gasteiger partial charge in [-0.1, -0.05) is 0 Å². The number of primary amides is 1. The van der Waals surface area contributed by atoms with E-state index in [-0.39, 0.29) is 12.8 Å². The van der Waals surface area contributed by atoms with Crippen molar-refractivity contribution in [1.82, 2.24) is 15.1 Å². The fourth-order valence-corrected chi connectivity index (χ4v) is 1.88. The van der Waals surface area contributed by atoms with Crippen LogP contribution in [0.5, 0.6) is 0 Å². The molecule has 1 aromatic heterocycles. The average molecular weight is 282 g/mol. The number of carboxylic acid groups (broad SMARTS) is 1. The lowest BCUT2D eigenvalue weighted by molar-refractivity contribution is -0.139. The summed E-state index contributed by atoms with van der Waals surface area (Å²) in [7, 11) is 1.70. The molecule has 1 aromatic rings. The second kappa shape index (κ2) is 6.18. The molecule has 1 heterocycles. The summed E-state index contributed by atoms with van der Waals surface area (Å²) in [5.41, 5.74) is 6.48. The number of hydrogen-bond donors (Lipinski definition) is 3. The summed E-state index contributed by atoms with van der Waals surface area (Å²) in [6.45, 7) is 3.38. The number of carboxylic acids is 1. The Morgan fingerprint density at radius 1 is 1.40 bits per heavy atom. The predicted octanol–water partition coefficient (Wildman–Crippen LogP) is -0.515. The second-order valence-electron chi connectivity index (χ2n) is 4.54. The molecule has 0 fully saturated rings. The number of carbonyl (C=O) groups excluding carboxylic acids is 2. The Bertz CT molecular complexity index is 550. The number of nitrogens with two attached hydrogens (primary N) is 1. The van der Waals surface area contributed by atoms with Crippen LogP contribution in [0.4, 0.5) is 0 Å². The number of aliphatic carboxylic acids is 1. The first-order chi connectivity index (χ1) is 9.23. The van der Waals surface area contributed by atoms with Crippen LogP contribution in [0.25, 0.3) is 0 Å². The van der Waals surface area contributed by atoms with Gasteiger partial charge in [-0.15, -0.1) is 0 Å². The zero-order valence-electron chi connectivity index (χ0n) is 11.6. The van der Waals surface area contributed by atoms with E-state index < -0.39 is 23.8 Å². The van der Waals surface area contributed by atoms with Gasteiger partial charge in [0.05, 0.1) is 11.3 Å². The van der Waals surface area contributed by atoms with Crippen molar-refractivity contribution in [3.8, 4) is 0 Å². The summed E-state index contributed by atoms with van der Waals surface area (Å²) >= 11 is 0. The Kier molecular flexibility index (Phi) is 4.84. The van der Waals surface area contributed by atoms with E-state index in [1.54, 1.807) is 25.6 Å². The molecule has 0 unspecified atom stereocenters. The summed E-state index contributed by atoms with van der Waals surface area (Å²) in [5, 5.41) is 15.5. The summed E-state index contributed by atoms with van der Waals surface area (Å²) in [6.07, 6.45) is -0.156. The Morgan fingerprint density at radius 2 is 2.00 bits per heavy atom. The van der Waals surface area contributed by atoms with Crippen molar-refractivity contribution in [1.29, 1.82) is 0 Å². The molecule has 4 N–H and O–H groups in total. The van der Waals surface area contributed by atoms with Gasteiger partial charge in [-0.05, 0) is 20.3 Å². The molecule has 1 rings (SSSR count). The fraction of sp³-hybridized carbons (Fsp3) is 0.500. The van der Waals surface area contributed by atoms with Crippen molar-refractivity contribution in [3.63, 3.8) is 0 Å². The molecule has 8 heteroatoms. The number of rotatable bonds is 6. The average Bonchev–Trinajstić information content (AvgIpc) is 2.58. The van der Waals surface area contributed by atoms with E-state index >= 15 is 0 Å². The number of aryl methyl sites for hydroxylation is 2. The largest absolute Gasteiger partial charge is 0.480 e. The summed E-state index contributed by atoms with van der Waals surface area (Å²) in [4.78, 5) is 33.9. The first-order valence-corrected chi connectivity index (χ1v) is 6.06. The van der Waals surface area contributed by atoms with Crippen molar-refractivity contribution < 1.29 is 19.5 Å². The van der Waals surface area contributed by atoms with Crippen LogP contribution in [-0.4, -0.2) is 38.7 Å². The van der Waals surface area contributed by atoms with Crippen molar-refractivity contribution >= 4 is 17.8 Å². The standard InChI is InChI=1S/C12H18N4O4/c1-6-10(7(2)16(3)15-6)11(18)14-8(12(19)20)4-5-9(13)17/h8H,4-5H2,1-3H3,(H2,13,17)(H,14,18)(H,19,20)/t8-/m1/s1. The van der Waals surface area contributed by atoms with Gasteiger partial charge in [-0.25, -0.2) is 4.79 Å². The third-order valence-electron chi connectivity index (χ3n) is 3.02. The molecule has 20 heavy (non-hydrogen) atoms. The molecule has 0 aliphatic rings. The molecular weight excluding hydrogens is 264 g/mol. The van der Waals surface area contributed by atoms with Gasteiger partial charge >= 0.3 is 5.97 Å². The summed E-state index contributed by atoms with van der Waals surface area (Å²) in [5.74, 6) is -2.34. The van der Waals surface area contributed by atoms with E-state index in [1.165, 1.54) is 0 Å². The minimum Gasteiger partial charge on any atom is -0.480 e. The Hall–Kier alpha value is -2.38. The molecule has 0 spiro atoms. The highest BCUT2D eigenvalue weighted by Gasteiger charge is 2.24. The molecule has 0 aliphatic heterocycles. The molecule has 0 radical (unpaired) electrons. The predicted molar refractivity (Wildman–Crippen MR) is 70.0 cm³/mol. The maximum atomic E-state index is 12.1. The van der Waals surface area contributed by atoms with Gasteiger partial charge < -0.3 is 16.2 Å². The van der Waals surface area contributed by atoms with Crippen molar-refractivity contribution in [3.05, 3.63) is 17.0 Å². The van der Waals surface area contributed by atoms with Gasteiger partial charge in [-0.3, -0.25) is 14.3 Å². The van der Waals surface area contributed by atoms with E-state index in [0.29, 0.717) is 17.0 Å². The Morgan fingerprint density at radius 3 is 2.40 bits per heavy atom. The minimum absolute atomic E-state index is 0.0469. The van der Waals surface area contributed by atoms with E-state index in [9.17, 15) is 14.4 Å². The van der Waals surface area contributed by atoms with E-state index in [0.717, 1.165) is 0 Å². The van der Waals surface area contributed by atoms with Crippen LogP contribution in [0.2, 0.25) is 0 Å². The lowest BCUT2D eigenvalue weighted by Crippen LogP contribution is -2.41. The minimum atomic E-state index is -1.21. The number of carbonyl (C=O) groups is 3. The number of nitrogens with zero attached hydrogens (tertiary/aromatic N) is 2. The molecule has 1 atom stereocenters. The second-order valence-corrected chi connectivity index (χ2v) is 4.54. The highest BCUT2D eigenvalue weighted by atomic mass is 16.4. The molecule has 0 aliphatic carbocycles. The Balaban J connectivity index is 2.85. The van der Waals surface area contributed by atoms with Gasteiger partial charge in [0.15, 0.2) is 0 Å². The number of nitrogens with one attached hydrogen (secondary N) is 1. The molecular formula is C12H18N4O4. The topological polar surface area (TPSA) is 127 Å². The Labute approximate surface area is 115 Å². The van der Waals surface area contributed by atoms with E-state index in [2.05, 4.69) is 10.4 Å². The molecule has 0 bridgehead atoms. The summed E-state index contributed by atoms with van der Waals surface area (Å²) in [6, 6.07) is -1.16. The molecule has 0 saturated heterocycles. The molecule has 0 saturated carbocycles. The van der Waals surface area contributed by atoms with Crippen LogP contribution < -0.4 is 11.1 Å². The zero-order chi connectivity index (χ0) is 15.4. The van der Waals surface area contributed by atoms with E-state index in [4.69, 9.17) is 10.8 Å². The number of aromatic nitrogens is 2. The van der Waals surface area contributed by atoms with Gasteiger partial charge in [-0.2, -0.15) is 5.10 Å². The lowest BCUT2D eigenvalue weighted by Gasteiger charge is -2.13. The first kappa shape index (κ1) is 15.7. The van der Waals surface area contributed by atoms with Crippen LogP contribution in [0.15, 0.2) is 0 Å². The van der Waals surface area contributed by atoms with Gasteiger partial charge in [0.1, 0.15) is 6.04 Å². The van der Waals surface area contributed by atoms with Gasteiger partial charge in [0, 0.05) is 19.2 Å².